The van der Waals surface area contributed by atoms with E-state index < -0.39 is 17.7 Å². The molecule has 2 atom stereocenters. The Morgan fingerprint density at radius 3 is 2.83 bits per heavy atom. The molecule has 7 heteroatoms. The van der Waals surface area contributed by atoms with Crippen LogP contribution in [0.5, 0.6) is 11.5 Å². The van der Waals surface area contributed by atoms with E-state index in [1.54, 1.807) is 0 Å². The zero-order valence-corrected chi connectivity index (χ0v) is 16.1. The normalized spacial score (nSPS) is 17.8. The van der Waals surface area contributed by atoms with Crippen molar-refractivity contribution in [2.75, 3.05) is 26.2 Å². The number of rotatable bonds is 10. The first-order valence-corrected chi connectivity index (χ1v) is 9.71. The Morgan fingerprint density at radius 1 is 1.21 bits per heavy atom. The van der Waals surface area contributed by atoms with E-state index in [1.807, 2.05) is 24.3 Å². The lowest BCUT2D eigenvalue weighted by Gasteiger charge is -2.21. The highest BCUT2D eigenvalue weighted by Crippen LogP contribution is 2.22. The predicted octanol–water partition coefficient (Wildman–Crippen LogP) is 2.99. The van der Waals surface area contributed by atoms with Crippen molar-refractivity contribution in [2.45, 2.75) is 31.5 Å². The van der Waals surface area contributed by atoms with Crippen molar-refractivity contribution >= 4 is 6.29 Å². The third-order valence-electron chi connectivity index (χ3n) is 4.83. The summed E-state index contributed by atoms with van der Waals surface area (Å²) >= 11 is 0. The Kier molecular flexibility index (Phi) is 7.55. The fourth-order valence-corrected chi connectivity index (χ4v) is 3.40. The van der Waals surface area contributed by atoms with Gasteiger partial charge in [-0.05, 0) is 36.6 Å². The first kappa shape index (κ1) is 21.2. The van der Waals surface area contributed by atoms with Crippen LogP contribution < -0.4 is 9.47 Å². The molecule has 1 aliphatic rings. The van der Waals surface area contributed by atoms with Crippen LogP contribution in [0.1, 0.15) is 18.4 Å². The Balaban J connectivity index is 1.44. The Hall–Kier alpha value is -2.51. The molecule has 0 saturated carbocycles. The van der Waals surface area contributed by atoms with Crippen molar-refractivity contribution in [2.24, 2.45) is 0 Å². The zero-order chi connectivity index (χ0) is 20.6. The first-order chi connectivity index (χ1) is 14.0. The highest BCUT2D eigenvalue weighted by atomic mass is 19.2. The summed E-state index contributed by atoms with van der Waals surface area (Å²) in [7, 11) is 0. The number of β-amino-alcohol motifs (C(OH)–C–C–N with tert-alkyl or cyclic N) is 1. The van der Waals surface area contributed by atoms with Crippen molar-refractivity contribution < 1.29 is 28.2 Å². The maximum Gasteiger partial charge on any atom is 0.162 e. The minimum Gasteiger partial charge on any atom is -0.491 e. The lowest BCUT2D eigenvalue weighted by Crippen LogP contribution is -2.35. The molecule has 0 aliphatic carbocycles. The van der Waals surface area contributed by atoms with Crippen LogP contribution in [0.15, 0.2) is 42.5 Å². The summed E-state index contributed by atoms with van der Waals surface area (Å²) < 4.78 is 37.8. The average molecular weight is 405 g/mol. The summed E-state index contributed by atoms with van der Waals surface area (Å²) in [6.07, 6.45) is 1.81. The second-order valence-electron chi connectivity index (χ2n) is 7.14. The Labute approximate surface area is 168 Å². The monoisotopic (exact) mass is 405 g/mol. The van der Waals surface area contributed by atoms with E-state index in [1.165, 1.54) is 6.07 Å². The van der Waals surface area contributed by atoms with Gasteiger partial charge in [0.1, 0.15) is 36.6 Å². The van der Waals surface area contributed by atoms with Crippen molar-refractivity contribution in [3.05, 3.63) is 59.7 Å². The molecule has 3 rings (SSSR count). The summed E-state index contributed by atoms with van der Waals surface area (Å²) in [5.41, 5.74) is 0.938. The lowest BCUT2D eigenvalue weighted by atomic mass is 10.1. The number of para-hydroxylation sites is 1. The summed E-state index contributed by atoms with van der Waals surface area (Å²) in [4.78, 5) is 12.6. The summed E-state index contributed by atoms with van der Waals surface area (Å²) in [6, 6.07) is 11.0. The first-order valence-electron chi connectivity index (χ1n) is 9.71. The highest BCUT2D eigenvalue weighted by Gasteiger charge is 2.26. The second kappa shape index (κ2) is 10.3. The average Bonchev–Trinajstić information content (AvgIpc) is 3.15. The number of aliphatic hydroxyl groups is 1. The van der Waals surface area contributed by atoms with Gasteiger partial charge in [-0.15, -0.1) is 0 Å². The number of aryl methyl sites for hydroxylation is 1. The van der Waals surface area contributed by atoms with Gasteiger partial charge in [0.05, 0.1) is 0 Å². The van der Waals surface area contributed by atoms with Gasteiger partial charge in [-0.2, -0.15) is 0 Å². The Morgan fingerprint density at radius 2 is 2.03 bits per heavy atom. The number of carbonyl (C=O) groups is 1. The van der Waals surface area contributed by atoms with Crippen molar-refractivity contribution in [1.82, 2.24) is 4.90 Å². The van der Waals surface area contributed by atoms with E-state index in [4.69, 9.17) is 9.47 Å². The molecule has 0 spiro atoms. The van der Waals surface area contributed by atoms with E-state index in [9.17, 15) is 18.7 Å². The third kappa shape index (κ3) is 6.24. The minimum absolute atomic E-state index is 0.142. The molecule has 1 N–H and O–H groups in total. The number of aldehydes is 1. The zero-order valence-electron chi connectivity index (χ0n) is 16.1. The van der Waals surface area contributed by atoms with Gasteiger partial charge in [0.15, 0.2) is 11.6 Å². The van der Waals surface area contributed by atoms with Gasteiger partial charge < -0.3 is 19.4 Å². The number of ether oxygens (including phenoxy) is 2. The highest BCUT2D eigenvalue weighted by molar-refractivity contribution is 5.50. The van der Waals surface area contributed by atoms with Gasteiger partial charge in [0, 0.05) is 32.1 Å². The molecule has 2 aromatic rings. The molecule has 1 fully saturated rings. The van der Waals surface area contributed by atoms with Crippen molar-refractivity contribution in [3.63, 3.8) is 0 Å². The van der Waals surface area contributed by atoms with E-state index in [0.717, 1.165) is 36.9 Å². The maximum absolute atomic E-state index is 13.3. The molecule has 0 aromatic heterocycles. The van der Waals surface area contributed by atoms with Crippen LogP contribution in [0.4, 0.5) is 8.78 Å². The van der Waals surface area contributed by atoms with Crippen LogP contribution >= 0.6 is 0 Å². The number of hydrogen-bond acceptors (Lipinski definition) is 5. The number of benzene rings is 2. The van der Waals surface area contributed by atoms with E-state index in [-0.39, 0.29) is 12.7 Å². The topological polar surface area (TPSA) is 59.0 Å². The molecule has 29 heavy (non-hydrogen) atoms. The molecule has 0 amide bonds. The Bertz CT molecular complexity index is 817. The molecular weight excluding hydrogens is 380 g/mol. The smallest absolute Gasteiger partial charge is 0.162 e. The number of carbonyl (C=O) groups excluding carboxylic acids is 1. The molecule has 5 nitrogen and oxygen atoms in total. The number of likely N-dealkylation sites (tertiary alicyclic amines) is 1. The SMILES string of the molecule is O=CCCc1ccccc1OCC(O)CN1CCC(Oc2ccc(F)c(F)c2)C1. The number of hydrogen-bond donors (Lipinski definition) is 1. The molecule has 156 valence electrons. The van der Waals surface area contributed by atoms with Crippen LogP contribution in [0, 0.1) is 11.6 Å². The fourth-order valence-electron chi connectivity index (χ4n) is 3.40. The van der Waals surface area contributed by atoms with Gasteiger partial charge in [-0.3, -0.25) is 4.90 Å². The second-order valence-corrected chi connectivity index (χ2v) is 7.14. The molecule has 0 bridgehead atoms. The van der Waals surface area contributed by atoms with Gasteiger partial charge in [-0.1, -0.05) is 18.2 Å². The predicted molar refractivity (Wildman–Crippen MR) is 104 cm³/mol. The number of nitrogens with zero attached hydrogens (tertiary/aromatic N) is 1. The van der Waals surface area contributed by atoms with Crippen LogP contribution in [0.25, 0.3) is 0 Å². The van der Waals surface area contributed by atoms with Gasteiger partial charge in [-0.25, -0.2) is 8.78 Å². The number of halogens is 2. The summed E-state index contributed by atoms with van der Waals surface area (Å²) in [5, 5.41) is 10.3. The molecule has 1 saturated heterocycles. The quantitative estimate of drug-likeness (QED) is 0.616. The molecule has 0 radical (unpaired) electrons. The van der Waals surface area contributed by atoms with E-state index >= 15 is 0 Å². The van der Waals surface area contributed by atoms with Crippen LogP contribution in [0.3, 0.4) is 0 Å². The molecule has 2 unspecified atom stereocenters. The fraction of sp³-hybridized carbons (Fsp3) is 0.409. The molecular formula is C22H25F2NO4. The molecule has 1 heterocycles. The summed E-state index contributed by atoms with van der Waals surface area (Å²) in [5.74, 6) is -0.861. The van der Waals surface area contributed by atoms with E-state index in [2.05, 4.69) is 4.90 Å². The van der Waals surface area contributed by atoms with Crippen molar-refractivity contribution in [1.29, 1.82) is 0 Å². The lowest BCUT2D eigenvalue weighted by molar-refractivity contribution is -0.107. The molecule has 1 aliphatic heterocycles. The third-order valence-corrected chi connectivity index (χ3v) is 4.83. The van der Waals surface area contributed by atoms with Crippen LogP contribution in [-0.2, 0) is 11.2 Å². The van der Waals surface area contributed by atoms with Gasteiger partial charge in [0.25, 0.3) is 0 Å². The molecule has 2 aromatic carbocycles. The largest absolute Gasteiger partial charge is 0.491 e. The van der Waals surface area contributed by atoms with Crippen LogP contribution in [-0.4, -0.2) is 54.7 Å². The van der Waals surface area contributed by atoms with Crippen LogP contribution in [0.2, 0.25) is 0 Å². The van der Waals surface area contributed by atoms with E-state index in [0.29, 0.717) is 37.4 Å². The van der Waals surface area contributed by atoms with Gasteiger partial charge >= 0.3 is 0 Å². The van der Waals surface area contributed by atoms with Crippen molar-refractivity contribution in [3.8, 4) is 11.5 Å². The van der Waals surface area contributed by atoms with Gasteiger partial charge in [0.2, 0.25) is 0 Å². The summed E-state index contributed by atoms with van der Waals surface area (Å²) in [6.45, 7) is 1.89. The maximum atomic E-state index is 13.3. The minimum atomic E-state index is -0.932. The standard InChI is InChI=1S/C22H25F2NO4/c23-20-8-7-18(12-21(20)24)29-19-9-10-25(14-19)13-17(27)15-28-22-6-2-1-4-16(22)5-3-11-26/h1-2,4,6-8,11-12,17,19,27H,3,5,9-10,13-15H2. The number of aliphatic hydroxyl groups excluding tert-OH is 1.